The molecule has 21 heavy (non-hydrogen) atoms. The quantitative estimate of drug-likeness (QED) is 0.881. The number of carboxylic acids is 1. The zero-order chi connectivity index (χ0) is 15.8. The van der Waals surface area contributed by atoms with Gasteiger partial charge in [-0.15, -0.1) is 0 Å². The van der Waals surface area contributed by atoms with Crippen molar-refractivity contribution in [2.75, 3.05) is 0 Å². The molecule has 0 saturated carbocycles. The third kappa shape index (κ3) is 3.33. The molecule has 0 aliphatic rings. The van der Waals surface area contributed by atoms with Crippen LogP contribution in [0.2, 0.25) is 5.02 Å². The number of carbonyl (C=O) groups is 1. The molecule has 9 heteroatoms. The summed E-state index contributed by atoms with van der Waals surface area (Å²) in [5.74, 6) is -2.17. The third-order valence-electron chi connectivity index (χ3n) is 2.62. The molecule has 0 radical (unpaired) electrons. The summed E-state index contributed by atoms with van der Waals surface area (Å²) in [6, 6.07) is 3.72. The Hall–Kier alpha value is -2.09. The van der Waals surface area contributed by atoms with Crippen molar-refractivity contribution in [1.29, 1.82) is 0 Å². The number of aromatic carboxylic acids is 1. The van der Waals surface area contributed by atoms with E-state index in [1.165, 1.54) is 6.07 Å². The zero-order valence-corrected chi connectivity index (χ0v) is 10.9. The van der Waals surface area contributed by atoms with Crippen LogP contribution in [0.15, 0.2) is 24.3 Å². The molecule has 0 aliphatic heterocycles. The monoisotopic (exact) mass is 322 g/mol. The van der Waals surface area contributed by atoms with E-state index in [4.69, 9.17) is 16.7 Å². The average molecular weight is 323 g/mol. The van der Waals surface area contributed by atoms with E-state index >= 15 is 0 Å². The Balaban J connectivity index is 2.43. The maximum atomic E-state index is 12.9. The molecule has 2 aromatic rings. The Labute approximate surface area is 120 Å². The van der Waals surface area contributed by atoms with E-state index in [9.17, 15) is 22.4 Å². The van der Waals surface area contributed by atoms with E-state index < -0.39 is 29.4 Å². The Morgan fingerprint density at radius 3 is 2.52 bits per heavy atom. The summed E-state index contributed by atoms with van der Waals surface area (Å²) in [5.41, 5.74) is -1.71. The largest absolute Gasteiger partial charge is 0.477 e. The summed E-state index contributed by atoms with van der Waals surface area (Å²) >= 11 is 5.76. The predicted octanol–water partition coefficient (Wildman–Crippen LogP) is 3.44. The van der Waals surface area contributed by atoms with Crippen LogP contribution < -0.4 is 0 Å². The second-order valence-corrected chi connectivity index (χ2v) is 4.52. The van der Waals surface area contributed by atoms with Crippen LogP contribution >= 0.6 is 11.6 Å². The summed E-state index contributed by atoms with van der Waals surface area (Å²) < 4.78 is 51.3. The third-order valence-corrected chi connectivity index (χ3v) is 2.98. The number of carboxylic acid groups (broad SMARTS) is 1. The van der Waals surface area contributed by atoms with Gasteiger partial charge >= 0.3 is 12.1 Å². The van der Waals surface area contributed by atoms with Crippen molar-refractivity contribution in [3.63, 3.8) is 0 Å². The van der Waals surface area contributed by atoms with Crippen molar-refractivity contribution in [1.82, 2.24) is 9.78 Å². The Morgan fingerprint density at radius 2 is 2.00 bits per heavy atom. The van der Waals surface area contributed by atoms with Crippen LogP contribution in [0.25, 0.3) is 0 Å². The molecule has 1 N–H and O–H groups in total. The van der Waals surface area contributed by atoms with Gasteiger partial charge in [-0.1, -0.05) is 17.7 Å². The maximum Gasteiger partial charge on any atom is 0.435 e. The smallest absolute Gasteiger partial charge is 0.435 e. The molecule has 0 amide bonds. The standard InChI is InChI=1S/C12H7ClF4N2O2/c13-8-3-7(14)2-1-6(8)5-19-9(11(20)21)4-10(18-19)12(15,16)17/h1-4H,5H2,(H,20,21). The highest BCUT2D eigenvalue weighted by molar-refractivity contribution is 6.31. The van der Waals surface area contributed by atoms with Gasteiger partial charge in [-0.25, -0.2) is 9.18 Å². The van der Waals surface area contributed by atoms with Crippen LogP contribution in [0, 0.1) is 5.82 Å². The number of aromatic nitrogens is 2. The Bertz CT molecular complexity index is 697. The van der Waals surface area contributed by atoms with Crippen molar-refractivity contribution in [2.45, 2.75) is 12.7 Å². The summed E-state index contributed by atoms with van der Waals surface area (Å²) in [5, 5.41) is 12.1. The van der Waals surface area contributed by atoms with Gasteiger partial charge in [0.15, 0.2) is 5.69 Å². The number of hydrogen-bond acceptors (Lipinski definition) is 2. The predicted molar refractivity (Wildman–Crippen MR) is 64.7 cm³/mol. The van der Waals surface area contributed by atoms with Gasteiger partial charge in [0.05, 0.1) is 6.54 Å². The molecule has 4 nitrogen and oxygen atoms in total. The van der Waals surface area contributed by atoms with E-state index in [-0.39, 0.29) is 17.1 Å². The first-order valence-corrected chi connectivity index (χ1v) is 5.88. The van der Waals surface area contributed by atoms with Crippen LogP contribution in [0.5, 0.6) is 0 Å². The number of alkyl halides is 3. The minimum Gasteiger partial charge on any atom is -0.477 e. The number of rotatable bonds is 3. The van der Waals surface area contributed by atoms with Crippen molar-refractivity contribution < 1.29 is 27.5 Å². The number of benzene rings is 1. The van der Waals surface area contributed by atoms with E-state index in [1.807, 2.05) is 0 Å². The fourth-order valence-corrected chi connectivity index (χ4v) is 1.89. The number of halogens is 5. The molecule has 0 atom stereocenters. The molecule has 0 spiro atoms. The normalized spacial score (nSPS) is 11.7. The molecule has 0 unspecified atom stereocenters. The highest BCUT2D eigenvalue weighted by Crippen LogP contribution is 2.29. The molecular weight excluding hydrogens is 316 g/mol. The first kappa shape index (κ1) is 15.3. The van der Waals surface area contributed by atoms with Gasteiger partial charge in [-0.2, -0.15) is 18.3 Å². The van der Waals surface area contributed by atoms with E-state index in [1.54, 1.807) is 0 Å². The lowest BCUT2D eigenvalue weighted by Gasteiger charge is -2.07. The van der Waals surface area contributed by atoms with Crippen LogP contribution in [0.1, 0.15) is 21.7 Å². The van der Waals surface area contributed by atoms with Crippen molar-refractivity contribution in [3.05, 3.63) is 52.1 Å². The average Bonchev–Trinajstić information content (AvgIpc) is 2.76. The van der Waals surface area contributed by atoms with Gasteiger partial charge in [0.1, 0.15) is 11.5 Å². The van der Waals surface area contributed by atoms with Gasteiger partial charge in [0.2, 0.25) is 0 Å². The molecule has 1 heterocycles. The SMILES string of the molecule is O=C(O)c1cc(C(F)(F)F)nn1Cc1ccc(F)cc1Cl. The van der Waals surface area contributed by atoms with Gasteiger partial charge in [-0.3, -0.25) is 4.68 Å². The van der Waals surface area contributed by atoms with Gasteiger partial charge in [0.25, 0.3) is 0 Å². The van der Waals surface area contributed by atoms with Gasteiger partial charge in [0, 0.05) is 11.1 Å². The summed E-state index contributed by atoms with van der Waals surface area (Å²) in [6.07, 6.45) is -4.76. The van der Waals surface area contributed by atoms with Gasteiger partial charge in [-0.05, 0) is 17.7 Å². The van der Waals surface area contributed by atoms with Crippen molar-refractivity contribution in [2.24, 2.45) is 0 Å². The molecule has 1 aromatic carbocycles. The van der Waals surface area contributed by atoms with Crippen molar-refractivity contribution in [3.8, 4) is 0 Å². The zero-order valence-electron chi connectivity index (χ0n) is 10.2. The molecule has 0 saturated heterocycles. The molecule has 2 rings (SSSR count). The fraction of sp³-hybridized carbons (Fsp3) is 0.167. The molecular formula is C12H7ClF4N2O2. The highest BCUT2D eigenvalue weighted by atomic mass is 35.5. The molecule has 0 bridgehead atoms. The highest BCUT2D eigenvalue weighted by Gasteiger charge is 2.35. The lowest BCUT2D eigenvalue weighted by Crippen LogP contribution is -2.12. The molecule has 0 aliphatic carbocycles. The Kier molecular flexibility index (Phi) is 3.91. The summed E-state index contributed by atoms with van der Waals surface area (Å²) in [4.78, 5) is 11.0. The van der Waals surface area contributed by atoms with Gasteiger partial charge < -0.3 is 5.11 Å². The topological polar surface area (TPSA) is 55.1 Å². The molecule has 1 aromatic heterocycles. The van der Waals surface area contributed by atoms with E-state index in [0.29, 0.717) is 10.7 Å². The van der Waals surface area contributed by atoms with E-state index in [2.05, 4.69) is 5.10 Å². The lowest BCUT2D eigenvalue weighted by molar-refractivity contribution is -0.141. The minimum atomic E-state index is -4.76. The van der Waals surface area contributed by atoms with E-state index in [0.717, 1.165) is 12.1 Å². The number of hydrogen-bond donors (Lipinski definition) is 1. The van der Waals surface area contributed by atoms with Crippen LogP contribution in [0.4, 0.5) is 17.6 Å². The van der Waals surface area contributed by atoms with Crippen LogP contribution in [-0.4, -0.2) is 20.9 Å². The summed E-state index contributed by atoms with van der Waals surface area (Å²) in [6.45, 7) is -0.323. The summed E-state index contributed by atoms with van der Waals surface area (Å²) in [7, 11) is 0. The maximum absolute atomic E-state index is 12.9. The minimum absolute atomic E-state index is 0.0320. The number of nitrogens with zero attached hydrogens (tertiary/aromatic N) is 2. The first-order valence-electron chi connectivity index (χ1n) is 5.51. The first-order chi connectivity index (χ1) is 9.68. The van der Waals surface area contributed by atoms with Crippen LogP contribution in [-0.2, 0) is 12.7 Å². The lowest BCUT2D eigenvalue weighted by atomic mass is 10.2. The van der Waals surface area contributed by atoms with Crippen LogP contribution in [0.3, 0.4) is 0 Å². The van der Waals surface area contributed by atoms with Crippen molar-refractivity contribution >= 4 is 17.6 Å². The second-order valence-electron chi connectivity index (χ2n) is 4.11. The molecule has 112 valence electrons. The Morgan fingerprint density at radius 1 is 1.33 bits per heavy atom. The molecule has 0 fully saturated rings. The fourth-order valence-electron chi connectivity index (χ4n) is 1.66. The second kappa shape index (κ2) is 5.36.